The van der Waals surface area contributed by atoms with E-state index in [0.717, 1.165) is 0 Å². The molecule has 7 nitrogen and oxygen atoms in total. The summed E-state index contributed by atoms with van der Waals surface area (Å²) in [6.07, 6.45) is 0. The van der Waals surface area contributed by atoms with Crippen molar-refractivity contribution in [2.45, 2.75) is 0 Å². The molecule has 2 aromatic carbocycles. The van der Waals surface area contributed by atoms with Gasteiger partial charge in [0.05, 0.1) is 31.1 Å². The number of hydrogen-bond donors (Lipinski definition) is 1. The van der Waals surface area contributed by atoms with E-state index in [1.165, 1.54) is 0 Å². The van der Waals surface area contributed by atoms with Crippen LogP contribution in [0.1, 0.15) is 20.7 Å². The summed E-state index contributed by atoms with van der Waals surface area (Å²) in [5, 5.41) is 2.84. The van der Waals surface area contributed by atoms with Gasteiger partial charge in [-0.05, 0) is 36.4 Å². The van der Waals surface area contributed by atoms with Crippen molar-refractivity contribution in [1.29, 1.82) is 0 Å². The van der Waals surface area contributed by atoms with Gasteiger partial charge in [0.1, 0.15) is 12.4 Å². The zero-order valence-electron chi connectivity index (χ0n) is 15.8. The Bertz CT molecular complexity index is 801. The largest absolute Gasteiger partial charge is 0.491 e. The van der Waals surface area contributed by atoms with Crippen molar-refractivity contribution in [2.75, 3.05) is 51.9 Å². The highest BCUT2D eigenvalue weighted by Gasteiger charge is 2.21. The van der Waals surface area contributed by atoms with Gasteiger partial charge in [-0.1, -0.05) is 12.1 Å². The van der Waals surface area contributed by atoms with E-state index in [4.69, 9.17) is 14.2 Å². The number of amides is 2. The first kappa shape index (κ1) is 19.9. The smallest absolute Gasteiger partial charge is 0.256 e. The Labute approximate surface area is 164 Å². The number of benzene rings is 2. The van der Waals surface area contributed by atoms with Crippen LogP contribution in [-0.2, 0) is 9.47 Å². The quantitative estimate of drug-likeness (QED) is 0.742. The number of nitrogens with one attached hydrogen (secondary N) is 1. The summed E-state index contributed by atoms with van der Waals surface area (Å²) in [5.41, 5.74) is 1.44. The lowest BCUT2D eigenvalue weighted by Crippen LogP contribution is -2.41. The topological polar surface area (TPSA) is 77.1 Å². The number of anilines is 1. The molecular weight excluding hydrogens is 360 g/mol. The molecule has 0 unspecified atom stereocenters. The van der Waals surface area contributed by atoms with E-state index >= 15 is 0 Å². The Morgan fingerprint density at radius 1 is 1.04 bits per heavy atom. The molecule has 148 valence electrons. The molecule has 7 heteroatoms. The highest BCUT2D eigenvalue weighted by molar-refractivity contribution is 6.09. The lowest BCUT2D eigenvalue weighted by molar-refractivity contribution is 0.0303. The minimum Gasteiger partial charge on any atom is -0.491 e. The van der Waals surface area contributed by atoms with Gasteiger partial charge < -0.3 is 24.4 Å². The highest BCUT2D eigenvalue weighted by atomic mass is 16.5. The maximum absolute atomic E-state index is 12.8. The fourth-order valence-corrected chi connectivity index (χ4v) is 2.86. The van der Waals surface area contributed by atoms with Gasteiger partial charge in [-0.25, -0.2) is 0 Å². The lowest BCUT2D eigenvalue weighted by atomic mass is 10.1. The molecule has 0 radical (unpaired) electrons. The van der Waals surface area contributed by atoms with Crippen molar-refractivity contribution in [3.63, 3.8) is 0 Å². The normalized spacial score (nSPS) is 13.8. The molecule has 0 atom stereocenters. The Hall–Kier alpha value is -2.90. The summed E-state index contributed by atoms with van der Waals surface area (Å²) in [5.74, 6) is 0.267. The van der Waals surface area contributed by atoms with Crippen molar-refractivity contribution < 1.29 is 23.8 Å². The number of ether oxygens (including phenoxy) is 3. The van der Waals surface area contributed by atoms with Crippen molar-refractivity contribution in [1.82, 2.24) is 4.90 Å². The molecule has 1 N–H and O–H groups in total. The Morgan fingerprint density at radius 3 is 2.46 bits per heavy atom. The van der Waals surface area contributed by atoms with E-state index in [1.807, 2.05) is 0 Å². The number of rotatable bonds is 7. The van der Waals surface area contributed by atoms with E-state index < -0.39 is 0 Å². The van der Waals surface area contributed by atoms with E-state index in [2.05, 4.69) is 5.32 Å². The molecule has 1 aliphatic rings. The van der Waals surface area contributed by atoms with Crippen LogP contribution < -0.4 is 10.1 Å². The number of para-hydroxylation sites is 1. The van der Waals surface area contributed by atoms with Gasteiger partial charge in [0, 0.05) is 25.8 Å². The maximum atomic E-state index is 12.8. The fraction of sp³-hybridized carbons (Fsp3) is 0.333. The van der Waals surface area contributed by atoms with Crippen LogP contribution >= 0.6 is 0 Å². The second-order valence-electron chi connectivity index (χ2n) is 6.27. The van der Waals surface area contributed by atoms with Crippen LogP contribution in [0.4, 0.5) is 5.69 Å². The van der Waals surface area contributed by atoms with Crippen molar-refractivity contribution in [3.05, 3.63) is 59.7 Å². The molecule has 1 heterocycles. The average molecular weight is 384 g/mol. The molecule has 2 aromatic rings. The number of hydrogen-bond acceptors (Lipinski definition) is 5. The lowest BCUT2D eigenvalue weighted by Gasteiger charge is -2.27. The van der Waals surface area contributed by atoms with Crippen molar-refractivity contribution in [3.8, 4) is 5.75 Å². The van der Waals surface area contributed by atoms with Crippen LogP contribution in [0.15, 0.2) is 48.5 Å². The summed E-state index contributed by atoms with van der Waals surface area (Å²) < 4.78 is 15.7. The first-order valence-corrected chi connectivity index (χ1v) is 9.18. The highest BCUT2D eigenvalue weighted by Crippen LogP contribution is 2.20. The fourth-order valence-electron chi connectivity index (χ4n) is 2.86. The van der Waals surface area contributed by atoms with Crippen molar-refractivity contribution in [2.24, 2.45) is 0 Å². The zero-order chi connectivity index (χ0) is 19.8. The predicted molar refractivity (Wildman–Crippen MR) is 105 cm³/mol. The summed E-state index contributed by atoms with van der Waals surface area (Å²) in [7, 11) is 1.61. The summed E-state index contributed by atoms with van der Waals surface area (Å²) >= 11 is 0. The van der Waals surface area contributed by atoms with Gasteiger partial charge in [-0.15, -0.1) is 0 Å². The van der Waals surface area contributed by atoms with Crippen LogP contribution in [0.25, 0.3) is 0 Å². The van der Waals surface area contributed by atoms with Crippen LogP contribution in [-0.4, -0.2) is 63.3 Å². The molecule has 28 heavy (non-hydrogen) atoms. The number of nitrogens with zero attached hydrogens (tertiary/aromatic N) is 1. The molecule has 2 amide bonds. The van der Waals surface area contributed by atoms with Crippen LogP contribution in [0, 0.1) is 0 Å². The third-order valence-electron chi connectivity index (χ3n) is 4.38. The Morgan fingerprint density at radius 2 is 1.75 bits per heavy atom. The second-order valence-corrected chi connectivity index (χ2v) is 6.27. The van der Waals surface area contributed by atoms with E-state index in [-0.39, 0.29) is 11.8 Å². The van der Waals surface area contributed by atoms with Crippen LogP contribution in [0.5, 0.6) is 5.75 Å². The van der Waals surface area contributed by atoms with Gasteiger partial charge >= 0.3 is 0 Å². The number of carbonyl (C=O) groups excluding carboxylic acids is 2. The van der Waals surface area contributed by atoms with Gasteiger partial charge in [-0.2, -0.15) is 0 Å². The predicted octanol–water partition coefficient (Wildman–Crippen LogP) is 2.44. The minimum atomic E-state index is -0.286. The molecule has 1 saturated heterocycles. The first-order valence-electron chi connectivity index (χ1n) is 9.18. The minimum absolute atomic E-state index is 0.110. The van der Waals surface area contributed by atoms with Crippen LogP contribution in [0.3, 0.4) is 0 Å². The summed E-state index contributed by atoms with van der Waals surface area (Å²) in [6.45, 7) is 3.09. The maximum Gasteiger partial charge on any atom is 0.256 e. The Balaban J connectivity index is 1.68. The SMILES string of the molecule is COCCOc1ccc(C(=O)Nc2ccccc2C(=O)N2CCOCC2)cc1. The molecule has 0 bridgehead atoms. The summed E-state index contributed by atoms with van der Waals surface area (Å²) in [6, 6.07) is 13.9. The zero-order valence-corrected chi connectivity index (χ0v) is 15.8. The molecule has 1 aliphatic heterocycles. The standard InChI is InChI=1S/C21H24N2O5/c1-26-14-15-28-17-8-6-16(7-9-17)20(24)22-19-5-3-2-4-18(19)21(25)23-10-12-27-13-11-23/h2-9H,10-15H2,1H3,(H,22,24). The molecule has 1 fully saturated rings. The van der Waals surface area contributed by atoms with Gasteiger partial charge in [0.15, 0.2) is 0 Å². The average Bonchev–Trinajstić information content (AvgIpc) is 2.75. The van der Waals surface area contributed by atoms with Gasteiger partial charge in [0.2, 0.25) is 0 Å². The van der Waals surface area contributed by atoms with E-state index in [0.29, 0.717) is 62.1 Å². The monoisotopic (exact) mass is 384 g/mol. The molecule has 0 aliphatic carbocycles. The summed E-state index contributed by atoms with van der Waals surface area (Å²) in [4.78, 5) is 27.2. The molecule has 0 saturated carbocycles. The van der Waals surface area contributed by atoms with Gasteiger partial charge in [-0.3, -0.25) is 9.59 Å². The third-order valence-corrected chi connectivity index (χ3v) is 4.38. The van der Waals surface area contributed by atoms with Crippen molar-refractivity contribution >= 4 is 17.5 Å². The van der Waals surface area contributed by atoms with Crippen LogP contribution in [0.2, 0.25) is 0 Å². The van der Waals surface area contributed by atoms with E-state index in [1.54, 1.807) is 60.5 Å². The molecule has 0 spiro atoms. The number of methoxy groups -OCH3 is 1. The number of morpholine rings is 1. The molecule has 3 rings (SSSR count). The second kappa shape index (κ2) is 9.87. The molecular formula is C21H24N2O5. The first-order chi connectivity index (χ1) is 13.7. The number of carbonyl (C=O) groups is 2. The van der Waals surface area contributed by atoms with E-state index in [9.17, 15) is 9.59 Å². The molecule has 0 aromatic heterocycles. The third kappa shape index (κ3) is 5.09. The van der Waals surface area contributed by atoms with Gasteiger partial charge in [0.25, 0.3) is 11.8 Å². The Kier molecular flexibility index (Phi) is 7.00.